The third-order valence-electron chi connectivity index (χ3n) is 5.10. The summed E-state index contributed by atoms with van der Waals surface area (Å²) in [6.45, 7) is 1.69. The Morgan fingerprint density at radius 2 is 1.77 bits per heavy atom. The second-order valence-corrected chi connectivity index (χ2v) is 9.14. The Hall–Kier alpha value is -2.97. The van der Waals surface area contributed by atoms with Crippen molar-refractivity contribution in [2.75, 3.05) is 13.1 Å². The fraction of sp³-hybridized carbons (Fsp3) is 0.273. The molecular weight excluding hydrogens is 402 g/mol. The Balaban J connectivity index is 1.56. The minimum atomic E-state index is -3.51. The number of aromatic nitrogens is 1. The first-order valence-corrected chi connectivity index (χ1v) is 11.3. The van der Waals surface area contributed by atoms with Crippen LogP contribution >= 0.6 is 0 Å². The van der Waals surface area contributed by atoms with Crippen LogP contribution in [0.5, 0.6) is 0 Å². The van der Waals surface area contributed by atoms with Gasteiger partial charge >= 0.3 is 0 Å². The predicted octanol–water partition coefficient (Wildman–Crippen LogP) is 3.30. The van der Waals surface area contributed by atoms with Crippen LogP contribution in [0.2, 0.25) is 0 Å². The second kappa shape index (κ2) is 8.81. The molecule has 0 atom stereocenters. The van der Waals surface area contributed by atoms with Crippen LogP contribution in [0.1, 0.15) is 34.7 Å². The molecule has 0 aliphatic carbocycles. The summed E-state index contributed by atoms with van der Waals surface area (Å²) >= 11 is 0. The third kappa shape index (κ3) is 4.44. The van der Waals surface area contributed by atoms with E-state index < -0.39 is 10.0 Å². The number of sulfonamides is 1. The van der Waals surface area contributed by atoms with Crippen molar-refractivity contribution in [3.05, 3.63) is 84.1 Å². The fourth-order valence-electron chi connectivity index (χ4n) is 3.51. The lowest BCUT2D eigenvalue weighted by atomic mass is 10.2. The molecule has 1 aliphatic rings. The number of benzene rings is 1. The Bertz CT molecular complexity index is 1080. The molecule has 1 amide bonds. The molecule has 0 bridgehead atoms. The SMILES string of the molecule is O=C(c1ccc(S(=O)(=O)N2CCCC2)cc1)N(Cc1ccccn1)Cc1ccco1. The Morgan fingerprint density at radius 3 is 2.40 bits per heavy atom. The zero-order valence-electron chi connectivity index (χ0n) is 16.5. The van der Waals surface area contributed by atoms with Gasteiger partial charge in [0.25, 0.3) is 5.91 Å². The van der Waals surface area contributed by atoms with Crippen LogP contribution in [-0.4, -0.2) is 41.6 Å². The van der Waals surface area contributed by atoms with Gasteiger partial charge in [-0.25, -0.2) is 8.42 Å². The minimum absolute atomic E-state index is 0.211. The lowest BCUT2D eigenvalue weighted by molar-refractivity contribution is 0.0715. The van der Waals surface area contributed by atoms with Crippen LogP contribution in [0.4, 0.5) is 0 Å². The summed E-state index contributed by atoms with van der Waals surface area (Å²) in [5.41, 5.74) is 1.17. The van der Waals surface area contributed by atoms with Crippen molar-refractivity contribution in [3.8, 4) is 0 Å². The molecule has 30 heavy (non-hydrogen) atoms. The maximum atomic E-state index is 13.2. The van der Waals surface area contributed by atoms with Crippen LogP contribution in [-0.2, 0) is 23.1 Å². The maximum absolute atomic E-state index is 13.2. The predicted molar refractivity (Wildman–Crippen MR) is 111 cm³/mol. The second-order valence-electron chi connectivity index (χ2n) is 7.20. The van der Waals surface area contributed by atoms with E-state index in [2.05, 4.69) is 4.98 Å². The van der Waals surface area contributed by atoms with Crippen molar-refractivity contribution < 1.29 is 17.6 Å². The van der Waals surface area contributed by atoms with E-state index in [1.165, 1.54) is 16.4 Å². The molecule has 8 heteroatoms. The molecule has 2 aromatic heterocycles. The number of amides is 1. The maximum Gasteiger partial charge on any atom is 0.254 e. The van der Waals surface area contributed by atoms with E-state index in [-0.39, 0.29) is 17.3 Å². The zero-order valence-corrected chi connectivity index (χ0v) is 17.3. The highest BCUT2D eigenvalue weighted by atomic mass is 32.2. The van der Waals surface area contributed by atoms with Gasteiger partial charge in [0, 0.05) is 24.8 Å². The molecule has 1 aliphatic heterocycles. The molecule has 0 spiro atoms. The molecule has 7 nitrogen and oxygen atoms in total. The molecule has 0 N–H and O–H groups in total. The monoisotopic (exact) mass is 425 g/mol. The Kier molecular flexibility index (Phi) is 5.96. The van der Waals surface area contributed by atoms with Crippen molar-refractivity contribution in [1.82, 2.24) is 14.2 Å². The molecular formula is C22H23N3O4S. The molecule has 1 aromatic carbocycles. The van der Waals surface area contributed by atoms with Gasteiger partial charge in [0.2, 0.25) is 10.0 Å². The largest absolute Gasteiger partial charge is 0.467 e. The number of rotatable bonds is 7. The quantitative estimate of drug-likeness (QED) is 0.580. The van der Waals surface area contributed by atoms with Gasteiger partial charge < -0.3 is 9.32 Å². The lowest BCUT2D eigenvalue weighted by Gasteiger charge is -2.22. The van der Waals surface area contributed by atoms with Crippen molar-refractivity contribution >= 4 is 15.9 Å². The number of carbonyl (C=O) groups excluding carboxylic acids is 1. The van der Waals surface area contributed by atoms with Gasteiger partial charge in [0.1, 0.15) is 5.76 Å². The smallest absolute Gasteiger partial charge is 0.254 e. The van der Waals surface area contributed by atoms with Crippen molar-refractivity contribution in [3.63, 3.8) is 0 Å². The summed E-state index contributed by atoms with van der Waals surface area (Å²) in [7, 11) is -3.51. The van der Waals surface area contributed by atoms with E-state index in [0.717, 1.165) is 18.5 Å². The summed E-state index contributed by atoms with van der Waals surface area (Å²) in [6.07, 6.45) is 5.01. The van der Waals surface area contributed by atoms with E-state index >= 15 is 0 Å². The highest BCUT2D eigenvalue weighted by Crippen LogP contribution is 2.22. The Labute approximate surface area is 176 Å². The molecule has 1 fully saturated rings. The van der Waals surface area contributed by atoms with Crippen LogP contribution in [0, 0.1) is 0 Å². The van der Waals surface area contributed by atoms with Crippen LogP contribution in [0.25, 0.3) is 0 Å². The van der Waals surface area contributed by atoms with Gasteiger partial charge in [-0.05, 0) is 61.4 Å². The third-order valence-corrected chi connectivity index (χ3v) is 7.01. The molecule has 3 aromatic rings. The van der Waals surface area contributed by atoms with Crippen LogP contribution in [0.3, 0.4) is 0 Å². The molecule has 3 heterocycles. The van der Waals surface area contributed by atoms with Crippen LogP contribution < -0.4 is 0 Å². The summed E-state index contributed by atoms with van der Waals surface area (Å²) in [5.74, 6) is 0.440. The average Bonchev–Trinajstić information content (AvgIpc) is 3.48. The van der Waals surface area contributed by atoms with Gasteiger partial charge in [0.05, 0.1) is 29.9 Å². The van der Waals surface area contributed by atoms with Crippen LogP contribution in [0.15, 0.2) is 76.4 Å². The molecule has 0 unspecified atom stereocenters. The van der Waals surface area contributed by atoms with E-state index in [4.69, 9.17) is 4.42 Å². The lowest BCUT2D eigenvalue weighted by Crippen LogP contribution is -2.30. The van der Waals surface area contributed by atoms with Crippen molar-refractivity contribution in [2.24, 2.45) is 0 Å². The molecule has 0 radical (unpaired) electrons. The molecule has 0 saturated carbocycles. The average molecular weight is 426 g/mol. The van der Waals surface area contributed by atoms with E-state index in [0.29, 0.717) is 31.0 Å². The molecule has 4 rings (SSSR count). The number of hydrogen-bond acceptors (Lipinski definition) is 5. The topological polar surface area (TPSA) is 83.7 Å². The van der Waals surface area contributed by atoms with Crippen molar-refractivity contribution in [1.29, 1.82) is 0 Å². The van der Waals surface area contributed by atoms with Gasteiger partial charge in [-0.1, -0.05) is 6.07 Å². The highest BCUT2D eigenvalue weighted by molar-refractivity contribution is 7.89. The summed E-state index contributed by atoms with van der Waals surface area (Å²) in [4.78, 5) is 19.3. The van der Waals surface area contributed by atoms with Gasteiger partial charge in [-0.15, -0.1) is 0 Å². The highest BCUT2D eigenvalue weighted by Gasteiger charge is 2.27. The normalized spacial score (nSPS) is 14.7. The van der Waals surface area contributed by atoms with Gasteiger partial charge in [-0.3, -0.25) is 9.78 Å². The summed E-state index contributed by atoms with van der Waals surface area (Å²) < 4.78 is 32.3. The standard InChI is InChI=1S/C22H23N3O4S/c26-22(18-8-10-21(11-9-18)30(27,28)25-13-3-4-14-25)24(17-20-7-5-15-29-20)16-19-6-1-2-12-23-19/h1-2,5-12,15H,3-4,13-14,16-17H2. The van der Waals surface area contributed by atoms with E-state index in [1.54, 1.807) is 35.6 Å². The van der Waals surface area contributed by atoms with Crippen molar-refractivity contribution in [2.45, 2.75) is 30.8 Å². The summed E-state index contributed by atoms with van der Waals surface area (Å²) in [6, 6.07) is 15.3. The molecule has 156 valence electrons. The fourth-order valence-corrected chi connectivity index (χ4v) is 5.02. The van der Waals surface area contributed by atoms with E-state index in [9.17, 15) is 13.2 Å². The number of nitrogens with zero attached hydrogens (tertiary/aromatic N) is 3. The summed E-state index contributed by atoms with van der Waals surface area (Å²) in [5, 5.41) is 0. The minimum Gasteiger partial charge on any atom is -0.467 e. The first-order chi connectivity index (χ1) is 14.5. The first kappa shape index (κ1) is 20.3. The number of hydrogen-bond donors (Lipinski definition) is 0. The zero-order chi connectivity index (χ0) is 21.0. The number of carbonyl (C=O) groups is 1. The Morgan fingerprint density at radius 1 is 1.00 bits per heavy atom. The first-order valence-electron chi connectivity index (χ1n) is 9.86. The molecule has 1 saturated heterocycles. The van der Waals surface area contributed by atoms with E-state index in [1.807, 2.05) is 24.3 Å². The van der Waals surface area contributed by atoms with Gasteiger partial charge in [-0.2, -0.15) is 4.31 Å². The number of furan rings is 1. The number of pyridine rings is 1. The van der Waals surface area contributed by atoms with Gasteiger partial charge in [0.15, 0.2) is 0 Å².